The van der Waals surface area contributed by atoms with Crippen LogP contribution in [0.2, 0.25) is 0 Å². The number of hydrogen-bond donors (Lipinski definition) is 1. The highest BCUT2D eigenvalue weighted by Crippen LogP contribution is 2.32. The van der Waals surface area contributed by atoms with Crippen molar-refractivity contribution in [3.8, 4) is 17.2 Å². The fraction of sp³-hybridized carbons (Fsp3) is 0.227. The summed E-state index contributed by atoms with van der Waals surface area (Å²) in [6, 6.07) is 16.4. The molecule has 4 rings (SSSR count). The van der Waals surface area contributed by atoms with Gasteiger partial charge in [0.05, 0.1) is 13.2 Å². The van der Waals surface area contributed by atoms with Gasteiger partial charge < -0.3 is 23.9 Å². The molecular formula is C22H21NO5. The minimum absolute atomic E-state index is 0.217. The normalized spacial score (nSPS) is 12.9. The van der Waals surface area contributed by atoms with Gasteiger partial charge >= 0.3 is 0 Å². The molecule has 0 radical (unpaired) electrons. The first-order valence-corrected chi connectivity index (χ1v) is 9.16. The smallest absolute Gasteiger partial charge is 0.291 e. The van der Waals surface area contributed by atoms with E-state index in [1.807, 2.05) is 31.2 Å². The lowest BCUT2D eigenvalue weighted by Gasteiger charge is -2.09. The third-order valence-electron chi connectivity index (χ3n) is 4.29. The fourth-order valence-electron chi connectivity index (χ4n) is 2.80. The summed E-state index contributed by atoms with van der Waals surface area (Å²) in [7, 11) is 0. The zero-order valence-electron chi connectivity index (χ0n) is 15.6. The van der Waals surface area contributed by atoms with Gasteiger partial charge in [0, 0.05) is 18.2 Å². The Labute approximate surface area is 163 Å². The van der Waals surface area contributed by atoms with Crippen molar-refractivity contribution in [2.24, 2.45) is 0 Å². The van der Waals surface area contributed by atoms with E-state index in [1.54, 1.807) is 30.3 Å². The Bertz CT molecular complexity index is 961. The van der Waals surface area contributed by atoms with Crippen LogP contribution in [0.5, 0.6) is 17.2 Å². The third-order valence-corrected chi connectivity index (χ3v) is 4.29. The van der Waals surface area contributed by atoms with Crippen LogP contribution < -0.4 is 19.5 Å². The quantitative estimate of drug-likeness (QED) is 0.703. The first kappa shape index (κ1) is 18.0. The van der Waals surface area contributed by atoms with Crippen LogP contribution in [0.25, 0.3) is 0 Å². The van der Waals surface area contributed by atoms with E-state index in [-0.39, 0.29) is 18.3 Å². The number of fused-ring (bicyclic) bond motifs is 1. The molecule has 2 heterocycles. The summed E-state index contributed by atoms with van der Waals surface area (Å²) in [4.78, 5) is 12.5. The lowest BCUT2D eigenvalue weighted by atomic mass is 10.2. The lowest BCUT2D eigenvalue weighted by molar-refractivity contribution is 0.0992. The van der Waals surface area contributed by atoms with E-state index in [0.29, 0.717) is 36.2 Å². The van der Waals surface area contributed by atoms with Gasteiger partial charge in [0.15, 0.2) is 17.3 Å². The predicted molar refractivity (Wildman–Crippen MR) is 104 cm³/mol. The highest BCUT2D eigenvalue weighted by Gasteiger charge is 2.15. The highest BCUT2D eigenvalue weighted by atomic mass is 16.5. The van der Waals surface area contributed by atoms with Gasteiger partial charge in [-0.25, -0.2) is 0 Å². The van der Waals surface area contributed by atoms with Crippen molar-refractivity contribution in [1.29, 1.82) is 0 Å². The van der Waals surface area contributed by atoms with Crippen LogP contribution in [0.1, 0.15) is 28.3 Å². The highest BCUT2D eigenvalue weighted by molar-refractivity contribution is 6.02. The van der Waals surface area contributed by atoms with Crippen LogP contribution >= 0.6 is 0 Å². The second-order valence-electron chi connectivity index (χ2n) is 6.53. The molecule has 0 atom stereocenters. The van der Waals surface area contributed by atoms with Crippen LogP contribution in [0.3, 0.4) is 0 Å². The molecule has 1 aliphatic rings. The van der Waals surface area contributed by atoms with Gasteiger partial charge in [-0.1, -0.05) is 17.7 Å². The molecular weight excluding hydrogens is 358 g/mol. The zero-order chi connectivity index (χ0) is 19.3. The fourth-order valence-corrected chi connectivity index (χ4v) is 2.80. The molecule has 6 nitrogen and oxygen atoms in total. The number of aryl methyl sites for hydroxylation is 1. The SMILES string of the molecule is Cc1ccc(OCc2ccc(C(=O)Nc3ccc4c(c3)OCCCO4)o2)cc1. The van der Waals surface area contributed by atoms with Gasteiger partial charge in [-0.3, -0.25) is 4.79 Å². The first-order valence-electron chi connectivity index (χ1n) is 9.16. The number of rotatable bonds is 5. The van der Waals surface area contributed by atoms with E-state index in [4.69, 9.17) is 18.6 Å². The van der Waals surface area contributed by atoms with Gasteiger partial charge in [-0.15, -0.1) is 0 Å². The van der Waals surface area contributed by atoms with Crippen molar-refractivity contribution >= 4 is 11.6 Å². The summed E-state index contributed by atoms with van der Waals surface area (Å²) in [5, 5.41) is 2.81. The van der Waals surface area contributed by atoms with E-state index in [0.717, 1.165) is 12.2 Å². The Kier molecular flexibility index (Phi) is 5.19. The van der Waals surface area contributed by atoms with Crippen LogP contribution in [0.15, 0.2) is 59.0 Å². The number of carbonyl (C=O) groups excluding carboxylic acids is 1. The van der Waals surface area contributed by atoms with Crippen LogP contribution in [-0.2, 0) is 6.61 Å². The van der Waals surface area contributed by atoms with E-state index >= 15 is 0 Å². The van der Waals surface area contributed by atoms with Crippen molar-refractivity contribution in [3.63, 3.8) is 0 Å². The topological polar surface area (TPSA) is 69.9 Å². The maximum atomic E-state index is 12.5. The zero-order valence-corrected chi connectivity index (χ0v) is 15.6. The number of benzene rings is 2. The van der Waals surface area contributed by atoms with Gasteiger partial charge in [0.25, 0.3) is 5.91 Å². The second-order valence-corrected chi connectivity index (χ2v) is 6.53. The summed E-state index contributed by atoms with van der Waals surface area (Å²) in [5.74, 6) is 2.52. The monoisotopic (exact) mass is 379 g/mol. The lowest BCUT2D eigenvalue weighted by Crippen LogP contribution is -2.11. The van der Waals surface area contributed by atoms with E-state index in [2.05, 4.69) is 5.32 Å². The second kappa shape index (κ2) is 8.08. The van der Waals surface area contributed by atoms with E-state index < -0.39 is 0 Å². The third kappa shape index (κ3) is 4.28. The van der Waals surface area contributed by atoms with E-state index in [1.165, 1.54) is 5.56 Å². The summed E-state index contributed by atoms with van der Waals surface area (Å²) >= 11 is 0. The molecule has 0 unspecified atom stereocenters. The first-order chi connectivity index (χ1) is 13.7. The molecule has 0 bridgehead atoms. The summed E-state index contributed by atoms with van der Waals surface area (Å²) in [6.45, 7) is 3.48. The number of carbonyl (C=O) groups is 1. The number of hydrogen-bond acceptors (Lipinski definition) is 5. The van der Waals surface area contributed by atoms with Crippen LogP contribution in [0.4, 0.5) is 5.69 Å². The Balaban J connectivity index is 1.37. The van der Waals surface area contributed by atoms with Crippen molar-refractivity contribution in [2.45, 2.75) is 20.0 Å². The molecule has 0 fully saturated rings. The van der Waals surface area contributed by atoms with Crippen LogP contribution in [-0.4, -0.2) is 19.1 Å². The minimum Gasteiger partial charge on any atom is -0.490 e. The maximum Gasteiger partial charge on any atom is 0.291 e. The number of ether oxygens (including phenoxy) is 3. The average molecular weight is 379 g/mol. The largest absolute Gasteiger partial charge is 0.490 e. The Morgan fingerprint density at radius 1 is 1.00 bits per heavy atom. The summed E-state index contributed by atoms with van der Waals surface area (Å²) < 4.78 is 22.5. The number of anilines is 1. The minimum atomic E-state index is -0.337. The summed E-state index contributed by atoms with van der Waals surface area (Å²) in [6.07, 6.45) is 0.830. The molecule has 1 aliphatic heterocycles. The maximum absolute atomic E-state index is 12.5. The molecule has 2 aromatic carbocycles. The van der Waals surface area contributed by atoms with E-state index in [9.17, 15) is 4.79 Å². The molecule has 1 aromatic heterocycles. The van der Waals surface area contributed by atoms with Crippen molar-refractivity contribution in [2.75, 3.05) is 18.5 Å². The molecule has 0 saturated carbocycles. The molecule has 28 heavy (non-hydrogen) atoms. The van der Waals surface area contributed by atoms with Crippen LogP contribution in [0, 0.1) is 6.92 Å². The molecule has 1 amide bonds. The van der Waals surface area contributed by atoms with Gasteiger partial charge in [0.1, 0.15) is 18.1 Å². The molecule has 1 N–H and O–H groups in total. The Morgan fingerprint density at radius 3 is 2.61 bits per heavy atom. The molecule has 144 valence electrons. The van der Waals surface area contributed by atoms with Crippen molar-refractivity contribution in [1.82, 2.24) is 0 Å². The number of amides is 1. The number of furan rings is 1. The number of nitrogens with one attached hydrogen (secondary N) is 1. The molecule has 3 aromatic rings. The van der Waals surface area contributed by atoms with Gasteiger partial charge in [-0.2, -0.15) is 0 Å². The molecule has 6 heteroatoms. The molecule has 0 spiro atoms. The molecule has 0 aliphatic carbocycles. The standard InChI is InChI=1S/C22H21NO5/c1-15-3-6-17(7-4-15)27-14-18-8-10-20(28-18)22(24)23-16-5-9-19-21(13-16)26-12-2-11-25-19/h3-10,13H,2,11-12,14H2,1H3,(H,23,24). The van der Waals surface area contributed by atoms with Gasteiger partial charge in [0.2, 0.25) is 0 Å². The predicted octanol–water partition coefficient (Wildman–Crippen LogP) is 4.58. The van der Waals surface area contributed by atoms with Gasteiger partial charge in [-0.05, 0) is 43.3 Å². The van der Waals surface area contributed by atoms with Crippen molar-refractivity contribution in [3.05, 3.63) is 71.7 Å². The Hall–Kier alpha value is -3.41. The van der Waals surface area contributed by atoms with Crippen molar-refractivity contribution < 1.29 is 23.4 Å². The average Bonchev–Trinajstić information content (AvgIpc) is 3.06. The Morgan fingerprint density at radius 2 is 1.79 bits per heavy atom. The molecule has 0 saturated heterocycles. The summed E-state index contributed by atoms with van der Waals surface area (Å²) in [5.41, 5.74) is 1.78.